The Morgan fingerprint density at radius 1 is 1.50 bits per heavy atom. The summed E-state index contributed by atoms with van der Waals surface area (Å²) in [5, 5.41) is 10.1. The van der Waals surface area contributed by atoms with Gasteiger partial charge < -0.3 is 14.4 Å². The Morgan fingerprint density at radius 2 is 2.33 bits per heavy atom. The van der Waals surface area contributed by atoms with Crippen molar-refractivity contribution in [3.05, 3.63) is 30.2 Å². The monoisotopic (exact) mass is 248 g/mol. The minimum absolute atomic E-state index is 0.315. The van der Waals surface area contributed by atoms with Crippen LogP contribution in [0.4, 0.5) is 0 Å². The normalized spacial score (nSPS) is 10.9. The van der Waals surface area contributed by atoms with Gasteiger partial charge in [0.15, 0.2) is 0 Å². The molecule has 0 unspecified atom stereocenters. The third-order valence-corrected chi connectivity index (χ3v) is 2.91. The van der Waals surface area contributed by atoms with Gasteiger partial charge in [-0.25, -0.2) is 4.79 Å². The summed E-state index contributed by atoms with van der Waals surface area (Å²) in [5.74, 6) is -0.905. The maximum absolute atomic E-state index is 11.2. The van der Waals surface area contributed by atoms with Crippen LogP contribution in [0.1, 0.15) is 23.3 Å². The van der Waals surface area contributed by atoms with Crippen molar-refractivity contribution in [2.45, 2.75) is 19.4 Å². The molecule has 0 aliphatic carbocycles. The third kappa shape index (κ3) is 2.51. The number of carboxylic acids is 1. The fourth-order valence-electron chi connectivity index (χ4n) is 2.03. The van der Waals surface area contributed by atoms with E-state index in [1.807, 2.05) is 6.07 Å². The second-order valence-corrected chi connectivity index (χ2v) is 4.12. The van der Waals surface area contributed by atoms with Crippen LogP contribution in [0.3, 0.4) is 0 Å². The van der Waals surface area contributed by atoms with Crippen LogP contribution in [-0.2, 0) is 11.3 Å². The predicted octanol–water partition coefficient (Wildman–Crippen LogP) is 2.16. The smallest absolute Gasteiger partial charge is 0.352 e. The van der Waals surface area contributed by atoms with Crippen LogP contribution >= 0.6 is 0 Å². The molecule has 0 fully saturated rings. The van der Waals surface area contributed by atoms with Gasteiger partial charge in [-0.1, -0.05) is 0 Å². The summed E-state index contributed by atoms with van der Waals surface area (Å²) in [6, 6.07) is 3.52. The molecule has 0 aromatic carbocycles. The van der Waals surface area contributed by atoms with E-state index in [-0.39, 0.29) is 0 Å². The first kappa shape index (κ1) is 12.6. The highest BCUT2D eigenvalue weighted by atomic mass is 16.5. The molecule has 0 bridgehead atoms. The van der Waals surface area contributed by atoms with Crippen LogP contribution in [0.2, 0.25) is 0 Å². The van der Waals surface area contributed by atoms with Crippen LogP contribution in [0.15, 0.2) is 24.5 Å². The van der Waals surface area contributed by atoms with Crippen LogP contribution in [-0.4, -0.2) is 34.3 Å². The Hall–Kier alpha value is -1.88. The second-order valence-electron chi connectivity index (χ2n) is 4.12. The van der Waals surface area contributed by atoms with Gasteiger partial charge >= 0.3 is 5.97 Å². The molecule has 2 heterocycles. The number of nitrogens with zero attached hydrogens (tertiary/aromatic N) is 2. The minimum atomic E-state index is -0.905. The van der Waals surface area contributed by atoms with E-state index < -0.39 is 5.97 Å². The van der Waals surface area contributed by atoms with Crippen molar-refractivity contribution >= 4 is 16.9 Å². The molecule has 2 aromatic rings. The van der Waals surface area contributed by atoms with Gasteiger partial charge in [-0.15, -0.1) is 0 Å². The summed E-state index contributed by atoms with van der Waals surface area (Å²) in [5.41, 5.74) is 1.18. The number of methoxy groups -OCH3 is 1. The lowest BCUT2D eigenvalue weighted by Crippen LogP contribution is -2.09. The van der Waals surface area contributed by atoms with E-state index in [4.69, 9.17) is 4.74 Å². The highest BCUT2D eigenvalue weighted by Gasteiger charge is 2.13. The molecule has 18 heavy (non-hydrogen) atoms. The Labute approximate surface area is 105 Å². The average Bonchev–Trinajstić information content (AvgIpc) is 2.74. The molecule has 5 nitrogen and oxygen atoms in total. The molecule has 0 amide bonds. The lowest BCUT2D eigenvalue weighted by atomic mass is 10.3. The van der Waals surface area contributed by atoms with E-state index in [0.717, 1.165) is 23.7 Å². The quantitative estimate of drug-likeness (QED) is 0.796. The minimum Gasteiger partial charge on any atom is -0.477 e. The molecule has 0 radical (unpaired) electrons. The molecule has 5 heteroatoms. The largest absolute Gasteiger partial charge is 0.477 e. The molecular formula is C13H16N2O3. The lowest BCUT2D eigenvalue weighted by molar-refractivity contribution is 0.0685. The Morgan fingerprint density at radius 3 is 3.06 bits per heavy atom. The number of pyridine rings is 1. The number of carbonyl (C=O) groups is 1. The highest BCUT2D eigenvalue weighted by molar-refractivity contribution is 5.94. The number of ether oxygens (including phenoxy) is 1. The van der Waals surface area contributed by atoms with Crippen molar-refractivity contribution in [1.29, 1.82) is 0 Å². The molecule has 0 aliphatic heterocycles. The number of aryl methyl sites for hydroxylation is 1. The van der Waals surface area contributed by atoms with Gasteiger partial charge in [-0.3, -0.25) is 4.98 Å². The van der Waals surface area contributed by atoms with Crippen LogP contribution < -0.4 is 0 Å². The highest BCUT2D eigenvalue weighted by Crippen LogP contribution is 2.19. The van der Waals surface area contributed by atoms with Crippen molar-refractivity contribution in [3.8, 4) is 0 Å². The molecule has 2 aromatic heterocycles. The maximum Gasteiger partial charge on any atom is 0.352 e. The molecule has 0 aliphatic rings. The molecule has 2 rings (SSSR count). The summed E-state index contributed by atoms with van der Waals surface area (Å²) in [6.45, 7) is 1.36. The van der Waals surface area contributed by atoms with E-state index in [9.17, 15) is 9.90 Å². The summed E-state index contributed by atoms with van der Waals surface area (Å²) >= 11 is 0. The van der Waals surface area contributed by atoms with Crippen molar-refractivity contribution in [2.24, 2.45) is 0 Å². The van der Waals surface area contributed by atoms with Crippen molar-refractivity contribution in [2.75, 3.05) is 13.7 Å². The molecular weight excluding hydrogens is 232 g/mol. The van der Waals surface area contributed by atoms with Gasteiger partial charge in [0.1, 0.15) is 5.69 Å². The van der Waals surface area contributed by atoms with Gasteiger partial charge in [-0.2, -0.15) is 0 Å². The molecule has 0 saturated carbocycles. The van der Waals surface area contributed by atoms with E-state index >= 15 is 0 Å². The van der Waals surface area contributed by atoms with Gasteiger partial charge in [0.2, 0.25) is 0 Å². The van der Waals surface area contributed by atoms with E-state index in [1.165, 1.54) is 0 Å². The fourth-order valence-corrected chi connectivity index (χ4v) is 2.03. The number of hydrogen-bond acceptors (Lipinski definition) is 3. The van der Waals surface area contributed by atoms with Crippen LogP contribution in [0, 0.1) is 0 Å². The summed E-state index contributed by atoms with van der Waals surface area (Å²) in [6.07, 6.45) is 5.17. The standard InChI is InChI=1S/C13H16N2O3/c1-18-7-3-2-6-15-11(13(16)17)8-10-4-5-14-9-12(10)15/h4-5,8-9H,2-3,6-7H2,1H3,(H,16,17). The van der Waals surface area contributed by atoms with Crippen molar-refractivity contribution in [1.82, 2.24) is 9.55 Å². The number of unbranched alkanes of at least 4 members (excludes halogenated alkanes) is 1. The van der Waals surface area contributed by atoms with E-state index in [0.29, 0.717) is 18.8 Å². The van der Waals surface area contributed by atoms with Gasteiger partial charge in [-0.05, 0) is 25.0 Å². The molecule has 96 valence electrons. The molecule has 0 saturated heterocycles. The van der Waals surface area contributed by atoms with Crippen LogP contribution in [0.25, 0.3) is 10.9 Å². The SMILES string of the molecule is COCCCCn1c(C(=O)O)cc2ccncc21. The first-order chi connectivity index (χ1) is 8.74. The summed E-state index contributed by atoms with van der Waals surface area (Å²) in [7, 11) is 1.66. The summed E-state index contributed by atoms with van der Waals surface area (Å²) in [4.78, 5) is 15.3. The van der Waals surface area contributed by atoms with E-state index in [2.05, 4.69) is 4.98 Å². The third-order valence-electron chi connectivity index (χ3n) is 2.91. The fraction of sp³-hybridized carbons (Fsp3) is 0.385. The number of carboxylic acid groups (broad SMARTS) is 1. The second kappa shape index (κ2) is 5.64. The maximum atomic E-state index is 11.2. The topological polar surface area (TPSA) is 64.3 Å². The number of rotatable bonds is 6. The zero-order valence-corrected chi connectivity index (χ0v) is 10.3. The van der Waals surface area contributed by atoms with Gasteiger partial charge in [0.25, 0.3) is 0 Å². The number of aromatic nitrogens is 2. The average molecular weight is 248 g/mol. The molecule has 0 atom stereocenters. The van der Waals surface area contributed by atoms with Gasteiger partial charge in [0, 0.05) is 31.8 Å². The number of hydrogen-bond donors (Lipinski definition) is 1. The van der Waals surface area contributed by atoms with Crippen molar-refractivity contribution < 1.29 is 14.6 Å². The zero-order chi connectivity index (χ0) is 13.0. The van der Waals surface area contributed by atoms with Crippen molar-refractivity contribution in [3.63, 3.8) is 0 Å². The Kier molecular flexibility index (Phi) is 3.94. The van der Waals surface area contributed by atoms with Gasteiger partial charge in [0.05, 0.1) is 11.7 Å². The zero-order valence-electron chi connectivity index (χ0n) is 10.3. The number of fused-ring (bicyclic) bond motifs is 1. The molecule has 0 spiro atoms. The van der Waals surface area contributed by atoms with E-state index in [1.54, 1.807) is 30.1 Å². The summed E-state index contributed by atoms with van der Waals surface area (Å²) < 4.78 is 6.79. The Balaban J connectivity index is 2.27. The predicted molar refractivity (Wildman–Crippen MR) is 67.8 cm³/mol. The first-order valence-corrected chi connectivity index (χ1v) is 5.89. The Bertz CT molecular complexity index is 548. The lowest BCUT2D eigenvalue weighted by Gasteiger charge is -2.07. The first-order valence-electron chi connectivity index (χ1n) is 5.89. The van der Waals surface area contributed by atoms with Crippen LogP contribution in [0.5, 0.6) is 0 Å². The molecule has 1 N–H and O–H groups in total. The number of aromatic carboxylic acids is 1.